The first kappa shape index (κ1) is 34.5. The predicted octanol–water partition coefficient (Wildman–Crippen LogP) is 7.39. The lowest BCUT2D eigenvalue weighted by Crippen LogP contribution is -2.30. The van der Waals surface area contributed by atoms with Gasteiger partial charge in [0.25, 0.3) is 0 Å². The number of benzene rings is 3. The molecule has 0 radical (unpaired) electrons. The van der Waals surface area contributed by atoms with Crippen LogP contribution in [0.3, 0.4) is 0 Å². The molecule has 2 unspecified atom stereocenters. The van der Waals surface area contributed by atoms with Gasteiger partial charge >= 0.3 is 0 Å². The van der Waals surface area contributed by atoms with Gasteiger partial charge in [0.2, 0.25) is 0 Å². The Morgan fingerprint density at radius 2 is 1.19 bits per heavy atom. The largest absolute Gasteiger partial charge is 0.313 e. The molecule has 0 saturated heterocycles. The third kappa shape index (κ3) is 8.93. The van der Waals surface area contributed by atoms with Gasteiger partial charge in [-0.15, -0.1) is 0 Å². The summed E-state index contributed by atoms with van der Waals surface area (Å²) < 4.78 is 2.18. The minimum atomic E-state index is 0.612. The fourth-order valence-corrected chi connectivity index (χ4v) is 6.37. The molecule has 5 aromatic rings. The van der Waals surface area contributed by atoms with Crippen LogP contribution in [0.25, 0.3) is 39.4 Å². The summed E-state index contributed by atoms with van der Waals surface area (Å²) in [5, 5.41) is 8.29. The summed E-state index contributed by atoms with van der Waals surface area (Å²) in [5.74, 6) is 0.733. The first-order valence-electron chi connectivity index (χ1n) is 17.2. The maximum atomic E-state index is 5.16. The van der Waals surface area contributed by atoms with Gasteiger partial charge in [0.15, 0.2) is 5.82 Å². The van der Waals surface area contributed by atoms with Crippen LogP contribution in [0.2, 0.25) is 0 Å². The molecule has 2 aromatic heterocycles. The smallest absolute Gasteiger partial charge is 0.162 e. The van der Waals surface area contributed by atoms with Crippen molar-refractivity contribution in [3.63, 3.8) is 0 Å². The van der Waals surface area contributed by atoms with Crippen molar-refractivity contribution >= 4 is 11.0 Å². The maximum Gasteiger partial charge on any atom is 0.162 e. The highest BCUT2D eigenvalue weighted by Gasteiger charge is 2.16. The molecule has 5 rings (SSSR count). The summed E-state index contributed by atoms with van der Waals surface area (Å²) in [4.78, 5) is 14.9. The summed E-state index contributed by atoms with van der Waals surface area (Å²) in [6.45, 7) is 8.24. The highest BCUT2D eigenvalue weighted by molar-refractivity contribution is 5.93. The van der Waals surface area contributed by atoms with E-state index >= 15 is 0 Å². The molecule has 7 nitrogen and oxygen atoms in total. The lowest BCUT2D eigenvalue weighted by molar-refractivity contribution is 0.269. The average molecular weight is 632 g/mol. The molecule has 7 heteroatoms. The summed E-state index contributed by atoms with van der Waals surface area (Å²) in [7, 11) is 8.66. The zero-order valence-electron chi connectivity index (χ0n) is 29.2. The molecule has 0 bridgehead atoms. The lowest BCUT2D eigenvalue weighted by atomic mass is 10.1. The van der Waals surface area contributed by atoms with Gasteiger partial charge in [-0.1, -0.05) is 80.6 Å². The van der Waals surface area contributed by atoms with Crippen LogP contribution in [0, 0.1) is 0 Å². The molecule has 248 valence electrons. The van der Waals surface area contributed by atoms with Crippen LogP contribution in [0.4, 0.5) is 0 Å². The Kier molecular flexibility index (Phi) is 12.3. The topological polar surface area (TPSA) is 61.3 Å². The fraction of sp³-hybridized carbons (Fsp3) is 0.400. The van der Waals surface area contributed by atoms with E-state index < -0.39 is 0 Å². The number of hydrogen-bond acceptors (Lipinski definition) is 6. The van der Waals surface area contributed by atoms with E-state index in [1.54, 1.807) is 0 Å². The van der Waals surface area contributed by atoms with Gasteiger partial charge in [0.1, 0.15) is 5.65 Å². The predicted molar refractivity (Wildman–Crippen MR) is 198 cm³/mol. The van der Waals surface area contributed by atoms with Crippen molar-refractivity contribution in [1.82, 2.24) is 35.0 Å². The molecule has 0 aliphatic carbocycles. The molecule has 3 aromatic carbocycles. The highest BCUT2D eigenvalue weighted by Crippen LogP contribution is 2.31. The zero-order chi connectivity index (χ0) is 33.2. The number of nitrogens with zero attached hydrogens (tertiary/aromatic N) is 5. The van der Waals surface area contributed by atoms with Gasteiger partial charge in [0.05, 0.1) is 5.69 Å². The van der Waals surface area contributed by atoms with E-state index in [0.29, 0.717) is 12.1 Å². The van der Waals surface area contributed by atoms with Crippen molar-refractivity contribution in [2.75, 3.05) is 41.3 Å². The van der Waals surface area contributed by atoms with Gasteiger partial charge in [-0.05, 0) is 96.3 Å². The molecule has 0 aliphatic heterocycles. The fourth-order valence-electron chi connectivity index (χ4n) is 6.37. The van der Waals surface area contributed by atoms with Crippen LogP contribution in [0.15, 0.2) is 91.1 Å². The number of hydrogen-bond donors (Lipinski definition) is 2. The summed E-state index contributed by atoms with van der Waals surface area (Å²) >= 11 is 0. The minimum Gasteiger partial charge on any atom is -0.313 e. The van der Waals surface area contributed by atoms with Gasteiger partial charge in [-0.3, -0.25) is 0 Å². The number of nitrogens with one attached hydrogen (secondary N) is 2. The first-order chi connectivity index (χ1) is 22.9. The molecule has 0 fully saturated rings. The number of fused-ring (bicyclic) bond motifs is 1. The summed E-state index contributed by atoms with van der Waals surface area (Å²) in [6.07, 6.45) is 6.75. The van der Waals surface area contributed by atoms with E-state index in [9.17, 15) is 0 Å². The zero-order valence-corrected chi connectivity index (χ0v) is 29.2. The number of rotatable bonds is 17. The van der Waals surface area contributed by atoms with Crippen molar-refractivity contribution in [1.29, 1.82) is 0 Å². The van der Waals surface area contributed by atoms with Gasteiger partial charge in [-0.2, -0.15) is 0 Å². The molecule has 2 heterocycles. The van der Waals surface area contributed by atoms with Crippen molar-refractivity contribution in [2.24, 2.45) is 0 Å². The molecule has 0 amide bonds. The molecular weight excluding hydrogens is 578 g/mol. The van der Waals surface area contributed by atoms with Gasteiger partial charge in [-0.25, -0.2) is 9.97 Å². The van der Waals surface area contributed by atoms with Crippen LogP contribution in [0.1, 0.15) is 50.7 Å². The Morgan fingerprint density at radius 3 is 1.72 bits per heavy atom. The Morgan fingerprint density at radius 1 is 0.638 bits per heavy atom. The Bertz CT molecular complexity index is 1660. The first-order valence-corrected chi connectivity index (χ1v) is 17.2. The molecule has 0 aliphatic rings. The van der Waals surface area contributed by atoms with E-state index in [1.807, 2.05) is 6.07 Å². The monoisotopic (exact) mass is 631 g/mol. The van der Waals surface area contributed by atoms with E-state index in [0.717, 1.165) is 78.4 Å². The van der Waals surface area contributed by atoms with Gasteiger partial charge in [0, 0.05) is 53.6 Å². The highest BCUT2D eigenvalue weighted by atomic mass is 15.1. The Labute approximate surface area is 282 Å². The third-order valence-electron chi connectivity index (χ3n) is 9.39. The molecule has 0 saturated carbocycles. The van der Waals surface area contributed by atoms with Crippen molar-refractivity contribution in [2.45, 2.75) is 64.7 Å². The van der Waals surface area contributed by atoms with Crippen LogP contribution < -0.4 is 10.6 Å². The second kappa shape index (κ2) is 16.8. The Hall–Kier alpha value is -3.88. The van der Waals surface area contributed by atoms with Crippen LogP contribution >= 0.6 is 0 Å². The molecular formula is C40H53N7. The SMILES string of the molecule is CCC(CCNCc1ccc(-c2nc(-c3ccccc3)c3ccn(-c4ccc(CNCCC(CC)N(C)C)cc4)c3n2)cc1)N(C)C. The van der Waals surface area contributed by atoms with E-state index in [2.05, 4.69) is 152 Å². The average Bonchev–Trinajstić information content (AvgIpc) is 3.52. The molecule has 47 heavy (non-hydrogen) atoms. The summed E-state index contributed by atoms with van der Waals surface area (Å²) in [6, 6.07) is 31.3. The van der Waals surface area contributed by atoms with Crippen molar-refractivity contribution < 1.29 is 0 Å². The maximum absolute atomic E-state index is 5.16. The molecule has 2 N–H and O–H groups in total. The number of aromatic nitrogens is 3. The van der Waals surface area contributed by atoms with Crippen molar-refractivity contribution in [3.05, 3.63) is 102 Å². The Balaban J connectivity index is 1.34. The second-order valence-corrected chi connectivity index (χ2v) is 13.0. The van der Waals surface area contributed by atoms with Gasteiger partial charge < -0.3 is 25.0 Å². The summed E-state index contributed by atoms with van der Waals surface area (Å²) in [5.41, 5.74) is 7.59. The van der Waals surface area contributed by atoms with E-state index in [-0.39, 0.29) is 0 Å². The normalized spacial score (nSPS) is 13.1. The van der Waals surface area contributed by atoms with Crippen LogP contribution in [-0.4, -0.2) is 77.7 Å². The standard InChI is InChI=1S/C40H53N7/c1-7-34(45(3)4)22-25-41-28-30-14-18-33(19-15-30)39-43-38(32-12-10-9-11-13-32)37-24-27-47(40(37)44-39)36-20-16-31(17-21-36)29-42-26-23-35(8-2)46(5)6/h9-21,24,27,34-35,41-42H,7-8,22-23,25-26,28-29H2,1-6H3. The molecule has 2 atom stereocenters. The van der Waals surface area contributed by atoms with E-state index in [1.165, 1.54) is 24.0 Å². The quantitative estimate of drug-likeness (QED) is 0.104. The van der Waals surface area contributed by atoms with E-state index in [4.69, 9.17) is 9.97 Å². The molecule has 0 spiro atoms. The third-order valence-corrected chi connectivity index (χ3v) is 9.39. The van der Waals surface area contributed by atoms with Crippen molar-refractivity contribution in [3.8, 4) is 28.3 Å². The lowest BCUT2D eigenvalue weighted by Gasteiger charge is -2.22. The minimum absolute atomic E-state index is 0.612. The van der Waals surface area contributed by atoms with Crippen LogP contribution in [-0.2, 0) is 13.1 Å². The van der Waals surface area contributed by atoms with Crippen LogP contribution in [0.5, 0.6) is 0 Å². The second-order valence-electron chi connectivity index (χ2n) is 13.0.